The molecule has 0 aliphatic carbocycles. The minimum atomic E-state index is -2.23. The molecule has 5 nitrogen and oxygen atoms in total. The molecule has 0 heterocycles. The van der Waals surface area contributed by atoms with E-state index >= 15 is 0 Å². The number of carboxylic acid groups (broad SMARTS) is 1. The van der Waals surface area contributed by atoms with E-state index in [4.69, 9.17) is 10.5 Å². The maximum atomic E-state index is 12.1. The Labute approximate surface area is 119 Å². The van der Waals surface area contributed by atoms with Crippen molar-refractivity contribution in [1.29, 1.82) is 0 Å². The summed E-state index contributed by atoms with van der Waals surface area (Å²) in [5.41, 5.74) is 2.90. The van der Waals surface area contributed by atoms with Crippen LogP contribution in [-0.2, 0) is 19.9 Å². The molecule has 3 N–H and O–H groups in total. The summed E-state index contributed by atoms with van der Waals surface area (Å²) in [5.74, 6) is -2.45. The standard InChI is InChI=1S/C13H16BrNO4/c1-12(2,3)19-11(18)13(15,10(16)17)8-5-4-6-9(14)7-8/h4-7H,15H2,1-3H3,(H,16,17). The largest absolute Gasteiger partial charge is 0.479 e. The second-order valence-corrected chi connectivity index (χ2v) is 6.04. The Hall–Kier alpha value is -1.40. The zero-order valence-electron chi connectivity index (χ0n) is 10.9. The smallest absolute Gasteiger partial charge is 0.343 e. The van der Waals surface area contributed by atoms with Crippen LogP contribution in [0.25, 0.3) is 0 Å². The van der Waals surface area contributed by atoms with E-state index in [0.717, 1.165) is 0 Å². The highest BCUT2D eigenvalue weighted by Crippen LogP contribution is 2.25. The van der Waals surface area contributed by atoms with Gasteiger partial charge in [-0.1, -0.05) is 28.1 Å². The van der Waals surface area contributed by atoms with Gasteiger partial charge in [-0.2, -0.15) is 0 Å². The average Bonchev–Trinajstić information content (AvgIpc) is 2.25. The van der Waals surface area contributed by atoms with Gasteiger partial charge in [0.2, 0.25) is 5.54 Å². The predicted molar refractivity (Wildman–Crippen MR) is 73.5 cm³/mol. The van der Waals surface area contributed by atoms with Gasteiger partial charge in [-0.3, -0.25) is 0 Å². The molecule has 104 valence electrons. The van der Waals surface area contributed by atoms with Crippen molar-refractivity contribution < 1.29 is 19.4 Å². The number of carbonyl (C=O) groups excluding carboxylic acids is 1. The van der Waals surface area contributed by atoms with Gasteiger partial charge in [0.1, 0.15) is 5.60 Å². The number of carboxylic acids is 1. The summed E-state index contributed by atoms with van der Waals surface area (Å²) in [7, 11) is 0. The Balaban J connectivity index is 3.25. The summed E-state index contributed by atoms with van der Waals surface area (Å²) < 4.78 is 5.73. The Kier molecular flexibility index (Phi) is 4.37. The summed E-state index contributed by atoms with van der Waals surface area (Å²) in [5, 5.41) is 9.30. The summed E-state index contributed by atoms with van der Waals surface area (Å²) in [4.78, 5) is 23.5. The van der Waals surface area contributed by atoms with Crippen molar-refractivity contribution in [2.75, 3.05) is 0 Å². The average molecular weight is 330 g/mol. The molecule has 0 aliphatic rings. The van der Waals surface area contributed by atoms with E-state index in [1.165, 1.54) is 12.1 Å². The molecule has 1 rings (SSSR count). The van der Waals surface area contributed by atoms with Crippen molar-refractivity contribution in [3.8, 4) is 0 Å². The first-order valence-corrected chi connectivity index (χ1v) is 6.38. The van der Waals surface area contributed by atoms with Crippen LogP contribution in [0, 0.1) is 0 Å². The highest BCUT2D eigenvalue weighted by molar-refractivity contribution is 9.10. The summed E-state index contributed by atoms with van der Waals surface area (Å²) in [6, 6.07) is 6.27. The Morgan fingerprint density at radius 1 is 1.32 bits per heavy atom. The molecule has 19 heavy (non-hydrogen) atoms. The van der Waals surface area contributed by atoms with Gasteiger partial charge in [-0.25, -0.2) is 9.59 Å². The second-order valence-electron chi connectivity index (χ2n) is 5.13. The molecule has 0 saturated heterocycles. The van der Waals surface area contributed by atoms with E-state index in [9.17, 15) is 14.7 Å². The third kappa shape index (κ3) is 3.54. The highest BCUT2D eigenvalue weighted by Gasteiger charge is 2.47. The lowest BCUT2D eigenvalue weighted by Gasteiger charge is -2.28. The quantitative estimate of drug-likeness (QED) is 0.654. The summed E-state index contributed by atoms with van der Waals surface area (Å²) in [6.07, 6.45) is 0. The van der Waals surface area contributed by atoms with Crippen molar-refractivity contribution >= 4 is 27.9 Å². The van der Waals surface area contributed by atoms with Gasteiger partial charge in [0.15, 0.2) is 0 Å². The van der Waals surface area contributed by atoms with E-state index in [1.54, 1.807) is 32.9 Å². The van der Waals surface area contributed by atoms with Crippen LogP contribution in [0.2, 0.25) is 0 Å². The van der Waals surface area contributed by atoms with Gasteiger partial charge >= 0.3 is 11.9 Å². The fourth-order valence-electron chi connectivity index (χ4n) is 1.42. The first-order chi connectivity index (χ1) is 8.57. The van der Waals surface area contributed by atoms with Crippen molar-refractivity contribution in [1.82, 2.24) is 0 Å². The van der Waals surface area contributed by atoms with E-state index < -0.39 is 23.1 Å². The molecule has 0 aliphatic heterocycles. The lowest BCUT2D eigenvalue weighted by molar-refractivity contribution is -0.169. The molecule has 0 spiro atoms. The molecule has 1 unspecified atom stereocenters. The number of ether oxygens (including phenoxy) is 1. The molecule has 1 aromatic rings. The molecular weight excluding hydrogens is 314 g/mol. The number of esters is 1. The van der Waals surface area contributed by atoms with E-state index in [2.05, 4.69) is 15.9 Å². The lowest BCUT2D eigenvalue weighted by atomic mass is 9.91. The number of hydrogen-bond donors (Lipinski definition) is 2. The van der Waals surface area contributed by atoms with E-state index in [-0.39, 0.29) is 5.56 Å². The first-order valence-electron chi connectivity index (χ1n) is 5.59. The highest BCUT2D eigenvalue weighted by atomic mass is 79.9. The monoisotopic (exact) mass is 329 g/mol. The molecule has 1 aromatic carbocycles. The number of carbonyl (C=O) groups is 2. The van der Waals surface area contributed by atoms with Crippen LogP contribution in [0.3, 0.4) is 0 Å². The Morgan fingerprint density at radius 3 is 2.32 bits per heavy atom. The summed E-state index contributed by atoms with van der Waals surface area (Å²) in [6.45, 7) is 4.94. The third-order valence-corrected chi connectivity index (χ3v) is 2.83. The topological polar surface area (TPSA) is 89.6 Å². The summed E-state index contributed by atoms with van der Waals surface area (Å²) >= 11 is 3.21. The minimum absolute atomic E-state index is 0.156. The fourth-order valence-corrected chi connectivity index (χ4v) is 1.82. The number of halogens is 1. The maximum Gasteiger partial charge on any atom is 0.343 e. The third-order valence-electron chi connectivity index (χ3n) is 2.34. The van der Waals surface area contributed by atoms with Gasteiger partial charge in [-0.05, 0) is 38.5 Å². The molecule has 0 saturated carbocycles. The van der Waals surface area contributed by atoms with E-state index in [1.807, 2.05) is 0 Å². The molecule has 0 radical (unpaired) electrons. The lowest BCUT2D eigenvalue weighted by Crippen LogP contribution is -2.54. The van der Waals surface area contributed by atoms with Crippen molar-refractivity contribution in [2.24, 2.45) is 5.73 Å². The van der Waals surface area contributed by atoms with Gasteiger partial charge in [0.25, 0.3) is 0 Å². The Bertz CT molecular complexity index is 510. The molecule has 0 amide bonds. The number of rotatable bonds is 3. The van der Waals surface area contributed by atoms with Crippen LogP contribution >= 0.6 is 15.9 Å². The van der Waals surface area contributed by atoms with Crippen LogP contribution < -0.4 is 5.73 Å². The predicted octanol–water partition coefficient (Wildman–Crippen LogP) is 2.03. The van der Waals surface area contributed by atoms with Crippen LogP contribution in [0.5, 0.6) is 0 Å². The number of hydrogen-bond acceptors (Lipinski definition) is 4. The van der Waals surface area contributed by atoms with E-state index in [0.29, 0.717) is 4.47 Å². The van der Waals surface area contributed by atoms with Crippen LogP contribution in [0.1, 0.15) is 26.3 Å². The maximum absolute atomic E-state index is 12.1. The number of nitrogens with two attached hydrogens (primary N) is 1. The van der Waals surface area contributed by atoms with Gasteiger partial charge in [-0.15, -0.1) is 0 Å². The van der Waals surface area contributed by atoms with Crippen molar-refractivity contribution in [2.45, 2.75) is 31.9 Å². The molecule has 1 atom stereocenters. The molecule has 6 heteroatoms. The zero-order chi connectivity index (χ0) is 14.8. The normalized spacial score (nSPS) is 14.6. The van der Waals surface area contributed by atoms with Gasteiger partial charge in [0, 0.05) is 4.47 Å². The van der Waals surface area contributed by atoms with Crippen molar-refractivity contribution in [3.05, 3.63) is 34.3 Å². The van der Waals surface area contributed by atoms with Crippen LogP contribution in [0.15, 0.2) is 28.7 Å². The zero-order valence-corrected chi connectivity index (χ0v) is 12.5. The molecule has 0 aromatic heterocycles. The molecular formula is C13H16BrNO4. The van der Waals surface area contributed by atoms with Crippen LogP contribution in [0.4, 0.5) is 0 Å². The Morgan fingerprint density at radius 2 is 1.89 bits per heavy atom. The first kappa shape index (κ1) is 15.7. The van der Waals surface area contributed by atoms with Crippen LogP contribution in [-0.4, -0.2) is 22.6 Å². The minimum Gasteiger partial charge on any atom is -0.479 e. The fraction of sp³-hybridized carbons (Fsp3) is 0.385. The number of benzene rings is 1. The molecule has 0 fully saturated rings. The second kappa shape index (κ2) is 5.30. The van der Waals surface area contributed by atoms with Crippen molar-refractivity contribution in [3.63, 3.8) is 0 Å². The number of aliphatic carboxylic acids is 1. The SMILES string of the molecule is CC(C)(C)OC(=O)C(N)(C(=O)O)c1cccc(Br)c1. The van der Waals surface area contributed by atoms with Gasteiger partial charge < -0.3 is 15.6 Å². The van der Waals surface area contributed by atoms with Gasteiger partial charge in [0.05, 0.1) is 0 Å². The molecule has 0 bridgehead atoms.